The minimum atomic E-state index is 0.861. The van der Waals surface area contributed by atoms with Gasteiger partial charge in [0.05, 0.1) is 0 Å². The quantitative estimate of drug-likeness (QED) is 0.616. The lowest BCUT2D eigenvalue weighted by molar-refractivity contribution is 0.0793. The summed E-state index contributed by atoms with van der Waals surface area (Å²) in [6, 6.07) is 0. The first-order valence-electron chi connectivity index (χ1n) is 8.51. The second kappa shape index (κ2) is 5.46. The summed E-state index contributed by atoms with van der Waals surface area (Å²) in [5.41, 5.74) is 0. The highest BCUT2D eigenvalue weighted by Crippen LogP contribution is 2.51. The Hall–Kier alpha value is -0.520. The molecule has 2 saturated carbocycles. The number of rotatable bonds is 2. The highest BCUT2D eigenvalue weighted by molar-refractivity contribution is 5.18. The predicted octanol–water partition coefficient (Wildman–Crippen LogP) is 5.46. The van der Waals surface area contributed by atoms with Crippen LogP contribution in [-0.4, -0.2) is 0 Å². The van der Waals surface area contributed by atoms with Gasteiger partial charge in [-0.3, -0.25) is 0 Å². The number of hydrogen-bond acceptors (Lipinski definition) is 0. The number of hydrogen-bond donors (Lipinski definition) is 0. The van der Waals surface area contributed by atoms with Crippen molar-refractivity contribution in [3.8, 4) is 0 Å². The Morgan fingerprint density at radius 1 is 0.895 bits per heavy atom. The largest absolute Gasteiger partial charge is 0.0808 e. The second-order valence-corrected chi connectivity index (χ2v) is 7.74. The van der Waals surface area contributed by atoms with E-state index in [1.54, 1.807) is 0 Å². The third kappa shape index (κ3) is 2.56. The molecule has 0 N–H and O–H groups in total. The van der Waals surface area contributed by atoms with E-state index in [4.69, 9.17) is 0 Å². The molecule has 3 unspecified atom stereocenters. The Balaban J connectivity index is 1.78. The van der Waals surface area contributed by atoms with Crippen molar-refractivity contribution >= 4 is 0 Å². The molecule has 3 rings (SSSR count). The third-order valence-corrected chi connectivity index (χ3v) is 6.25. The zero-order valence-corrected chi connectivity index (χ0v) is 12.9. The zero-order chi connectivity index (χ0) is 13.4. The summed E-state index contributed by atoms with van der Waals surface area (Å²) in [4.78, 5) is 0. The maximum atomic E-state index is 2.53. The van der Waals surface area contributed by atoms with E-state index in [1.807, 2.05) is 0 Å². The van der Waals surface area contributed by atoms with E-state index in [9.17, 15) is 0 Å². The summed E-state index contributed by atoms with van der Waals surface area (Å²) >= 11 is 0. The molecule has 3 aliphatic rings. The molecule has 0 nitrogen and oxygen atoms in total. The van der Waals surface area contributed by atoms with Gasteiger partial charge in [0.2, 0.25) is 0 Å². The van der Waals surface area contributed by atoms with E-state index in [2.05, 4.69) is 45.1 Å². The van der Waals surface area contributed by atoms with E-state index in [0.717, 1.165) is 41.4 Å². The molecule has 0 bridgehead atoms. The first-order chi connectivity index (χ1) is 9.16. The van der Waals surface area contributed by atoms with Gasteiger partial charge in [0.15, 0.2) is 0 Å². The Morgan fingerprint density at radius 2 is 1.68 bits per heavy atom. The summed E-state index contributed by atoms with van der Waals surface area (Å²) in [5.74, 6) is 6.51. The normalized spacial score (nSPS) is 45.7. The van der Waals surface area contributed by atoms with Gasteiger partial charge in [-0.1, -0.05) is 51.5 Å². The summed E-state index contributed by atoms with van der Waals surface area (Å²) in [7, 11) is 0. The Kier molecular flexibility index (Phi) is 3.87. The third-order valence-electron chi connectivity index (χ3n) is 6.25. The van der Waals surface area contributed by atoms with Crippen LogP contribution in [0, 0.1) is 41.4 Å². The molecule has 0 radical (unpaired) electrons. The fraction of sp³-hybridized carbons (Fsp3) is 0.789. The first-order valence-corrected chi connectivity index (χ1v) is 8.51. The van der Waals surface area contributed by atoms with E-state index in [0.29, 0.717) is 0 Å². The predicted molar refractivity (Wildman–Crippen MR) is 82.8 cm³/mol. The average molecular weight is 258 g/mol. The molecular weight excluding hydrogens is 228 g/mol. The Morgan fingerprint density at radius 3 is 2.47 bits per heavy atom. The van der Waals surface area contributed by atoms with Gasteiger partial charge < -0.3 is 0 Å². The van der Waals surface area contributed by atoms with E-state index < -0.39 is 0 Å². The van der Waals surface area contributed by atoms with Crippen molar-refractivity contribution in [2.45, 2.75) is 52.9 Å². The highest BCUT2D eigenvalue weighted by Gasteiger charge is 2.43. The molecular formula is C19H30. The monoisotopic (exact) mass is 258 g/mol. The summed E-state index contributed by atoms with van der Waals surface area (Å²) in [5, 5.41) is 0. The molecule has 19 heavy (non-hydrogen) atoms. The fourth-order valence-electron chi connectivity index (χ4n) is 5.26. The van der Waals surface area contributed by atoms with Crippen LogP contribution in [0.2, 0.25) is 0 Å². The molecule has 0 heteroatoms. The van der Waals surface area contributed by atoms with E-state index >= 15 is 0 Å². The van der Waals surface area contributed by atoms with Gasteiger partial charge in [0, 0.05) is 0 Å². The summed E-state index contributed by atoms with van der Waals surface area (Å²) in [6.07, 6.45) is 16.9. The van der Waals surface area contributed by atoms with Gasteiger partial charge in [0.1, 0.15) is 0 Å². The first kappa shape index (κ1) is 13.5. The summed E-state index contributed by atoms with van der Waals surface area (Å²) in [6.45, 7) is 7.39. The number of fused-ring (bicyclic) bond motifs is 1. The van der Waals surface area contributed by atoms with Gasteiger partial charge in [-0.25, -0.2) is 0 Å². The van der Waals surface area contributed by atoms with Crippen molar-refractivity contribution in [2.24, 2.45) is 41.4 Å². The smallest absolute Gasteiger partial charge is 0.0136 e. The van der Waals surface area contributed by atoms with E-state index in [1.165, 1.54) is 32.1 Å². The standard InChI is InChI=1S/C19H30/c1-13(2)16-10-8-14(3)12-19(16)18-11-9-15-6-4-5-7-17(15)18/h4-7,13-19H,8-12H2,1-3H3/t14-,15?,16-,17?,18?,19-/m1/s1. The fourth-order valence-corrected chi connectivity index (χ4v) is 5.26. The lowest BCUT2D eigenvalue weighted by Crippen LogP contribution is -2.35. The molecule has 0 saturated heterocycles. The Labute approximate surface area is 119 Å². The molecule has 0 amide bonds. The molecule has 0 spiro atoms. The van der Waals surface area contributed by atoms with Crippen molar-refractivity contribution in [2.75, 3.05) is 0 Å². The molecule has 0 heterocycles. The molecule has 6 atom stereocenters. The molecule has 0 aromatic heterocycles. The van der Waals surface area contributed by atoms with Gasteiger partial charge in [-0.15, -0.1) is 0 Å². The van der Waals surface area contributed by atoms with Crippen LogP contribution < -0.4 is 0 Å². The maximum absolute atomic E-state index is 2.53. The minimum Gasteiger partial charge on any atom is -0.0808 e. The number of allylic oxidation sites excluding steroid dienone is 4. The van der Waals surface area contributed by atoms with Crippen LogP contribution in [0.4, 0.5) is 0 Å². The van der Waals surface area contributed by atoms with Crippen LogP contribution in [-0.2, 0) is 0 Å². The summed E-state index contributed by atoms with van der Waals surface area (Å²) < 4.78 is 0. The molecule has 0 aliphatic heterocycles. The van der Waals surface area contributed by atoms with Crippen molar-refractivity contribution < 1.29 is 0 Å². The van der Waals surface area contributed by atoms with Gasteiger partial charge in [0.25, 0.3) is 0 Å². The minimum absolute atomic E-state index is 0.861. The topological polar surface area (TPSA) is 0 Å². The van der Waals surface area contributed by atoms with Crippen molar-refractivity contribution in [1.29, 1.82) is 0 Å². The van der Waals surface area contributed by atoms with Crippen molar-refractivity contribution in [3.05, 3.63) is 24.3 Å². The van der Waals surface area contributed by atoms with Crippen LogP contribution in [0.15, 0.2) is 24.3 Å². The lowest BCUT2D eigenvalue weighted by Gasteiger charge is -2.42. The molecule has 2 fully saturated rings. The zero-order valence-electron chi connectivity index (χ0n) is 12.9. The van der Waals surface area contributed by atoms with Crippen molar-refractivity contribution in [1.82, 2.24) is 0 Å². The SMILES string of the molecule is CC(C)[C@H]1CC[C@@H](C)C[C@H]1C1CCC2C=CC=CC21. The van der Waals surface area contributed by atoms with Crippen LogP contribution in [0.5, 0.6) is 0 Å². The van der Waals surface area contributed by atoms with Crippen molar-refractivity contribution in [3.63, 3.8) is 0 Å². The van der Waals surface area contributed by atoms with Gasteiger partial charge >= 0.3 is 0 Å². The molecule has 0 aromatic rings. The van der Waals surface area contributed by atoms with Crippen LogP contribution in [0.3, 0.4) is 0 Å². The maximum Gasteiger partial charge on any atom is -0.0136 e. The van der Waals surface area contributed by atoms with Crippen LogP contribution in [0.1, 0.15) is 52.9 Å². The lowest BCUT2D eigenvalue weighted by atomic mass is 9.63. The van der Waals surface area contributed by atoms with Crippen LogP contribution >= 0.6 is 0 Å². The van der Waals surface area contributed by atoms with Gasteiger partial charge in [-0.2, -0.15) is 0 Å². The van der Waals surface area contributed by atoms with Gasteiger partial charge in [-0.05, 0) is 67.1 Å². The second-order valence-electron chi connectivity index (χ2n) is 7.74. The molecule has 3 aliphatic carbocycles. The molecule has 106 valence electrons. The Bertz CT molecular complexity index is 362. The van der Waals surface area contributed by atoms with Crippen LogP contribution in [0.25, 0.3) is 0 Å². The van der Waals surface area contributed by atoms with E-state index in [-0.39, 0.29) is 0 Å². The highest BCUT2D eigenvalue weighted by atomic mass is 14.5. The molecule has 0 aromatic carbocycles. The average Bonchev–Trinajstić information content (AvgIpc) is 2.82.